The third-order valence-corrected chi connectivity index (χ3v) is 2.61. The minimum atomic E-state index is -0.485. The van der Waals surface area contributed by atoms with Gasteiger partial charge in [0.1, 0.15) is 11.6 Å². The zero-order chi connectivity index (χ0) is 13.1. The summed E-state index contributed by atoms with van der Waals surface area (Å²) in [6, 6.07) is 10.3. The number of benzene rings is 2. The van der Waals surface area contributed by atoms with E-state index in [0.29, 0.717) is 11.3 Å². The first-order chi connectivity index (χ1) is 8.61. The van der Waals surface area contributed by atoms with E-state index in [-0.39, 0.29) is 17.0 Å². The van der Waals surface area contributed by atoms with E-state index in [2.05, 4.69) is 0 Å². The first-order valence-corrected chi connectivity index (χ1v) is 5.35. The zero-order valence-corrected chi connectivity index (χ0v) is 9.81. The third-order valence-electron chi connectivity index (χ3n) is 2.61. The van der Waals surface area contributed by atoms with Gasteiger partial charge in [-0.05, 0) is 42.5 Å². The highest BCUT2D eigenvalue weighted by Crippen LogP contribution is 2.19. The van der Waals surface area contributed by atoms with E-state index in [9.17, 15) is 9.18 Å². The van der Waals surface area contributed by atoms with Gasteiger partial charge in [-0.15, -0.1) is 0 Å². The third kappa shape index (κ3) is 2.32. The Morgan fingerprint density at radius 2 is 1.83 bits per heavy atom. The molecule has 2 rings (SSSR count). The summed E-state index contributed by atoms with van der Waals surface area (Å²) in [5.74, 6) is -0.144. The molecule has 2 aromatic rings. The number of halogens is 1. The molecule has 3 nitrogen and oxygen atoms in total. The lowest BCUT2D eigenvalue weighted by Crippen LogP contribution is -2.05. The van der Waals surface area contributed by atoms with Crippen LogP contribution in [0.4, 0.5) is 10.1 Å². The fraction of sp³-hybridized carbons (Fsp3) is 0.0714. The number of carbonyl (C=O) groups excluding carboxylic acids is 1. The van der Waals surface area contributed by atoms with Crippen molar-refractivity contribution in [1.82, 2.24) is 0 Å². The van der Waals surface area contributed by atoms with Crippen molar-refractivity contribution in [1.29, 1.82) is 0 Å². The number of nitrogen functional groups attached to an aromatic ring is 1. The van der Waals surface area contributed by atoms with Crippen LogP contribution in [0.25, 0.3) is 0 Å². The first kappa shape index (κ1) is 12.1. The van der Waals surface area contributed by atoms with Crippen LogP contribution in [0.3, 0.4) is 0 Å². The van der Waals surface area contributed by atoms with E-state index in [1.54, 1.807) is 31.4 Å². The molecule has 2 N–H and O–H groups in total. The van der Waals surface area contributed by atoms with E-state index in [4.69, 9.17) is 10.5 Å². The van der Waals surface area contributed by atoms with Crippen molar-refractivity contribution >= 4 is 11.5 Å². The molecule has 0 radical (unpaired) electrons. The number of ether oxygens (including phenoxy) is 1. The molecule has 0 amide bonds. The normalized spacial score (nSPS) is 10.1. The summed E-state index contributed by atoms with van der Waals surface area (Å²) >= 11 is 0. The van der Waals surface area contributed by atoms with Crippen molar-refractivity contribution in [3.8, 4) is 5.75 Å². The van der Waals surface area contributed by atoms with Gasteiger partial charge in [0, 0.05) is 16.8 Å². The molecule has 0 aromatic heterocycles. The molecule has 0 bridgehead atoms. The molecule has 0 unspecified atom stereocenters. The van der Waals surface area contributed by atoms with E-state index in [1.165, 1.54) is 12.1 Å². The van der Waals surface area contributed by atoms with Crippen LogP contribution >= 0.6 is 0 Å². The topological polar surface area (TPSA) is 52.3 Å². The Labute approximate surface area is 104 Å². The largest absolute Gasteiger partial charge is 0.497 e. The maximum absolute atomic E-state index is 13.1. The number of hydrogen-bond donors (Lipinski definition) is 1. The predicted molar refractivity (Wildman–Crippen MR) is 67.2 cm³/mol. The maximum Gasteiger partial charge on any atom is 0.195 e. The fourth-order valence-electron chi connectivity index (χ4n) is 1.62. The van der Waals surface area contributed by atoms with Crippen LogP contribution in [-0.4, -0.2) is 12.9 Å². The first-order valence-electron chi connectivity index (χ1n) is 5.35. The van der Waals surface area contributed by atoms with Crippen LogP contribution in [0.15, 0.2) is 42.5 Å². The van der Waals surface area contributed by atoms with Gasteiger partial charge in [0.05, 0.1) is 7.11 Å². The second kappa shape index (κ2) is 4.87. The monoisotopic (exact) mass is 245 g/mol. The molecule has 2 aromatic carbocycles. The van der Waals surface area contributed by atoms with Crippen molar-refractivity contribution in [2.45, 2.75) is 0 Å². The lowest BCUT2D eigenvalue weighted by atomic mass is 10.0. The fourth-order valence-corrected chi connectivity index (χ4v) is 1.62. The Morgan fingerprint density at radius 1 is 1.17 bits per heavy atom. The number of anilines is 1. The predicted octanol–water partition coefficient (Wildman–Crippen LogP) is 2.65. The lowest BCUT2D eigenvalue weighted by Gasteiger charge is -2.06. The number of hydrogen-bond acceptors (Lipinski definition) is 3. The van der Waals surface area contributed by atoms with E-state index in [0.717, 1.165) is 6.07 Å². The number of methoxy groups -OCH3 is 1. The van der Waals surface area contributed by atoms with Gasteiger partial charge in [-0.3, -0.25) is 4.79 Å². The average Bonchev–Trinajstić information content (AvgIpc) is 2.41. The standard InChI is InChI=1S/C14H12FNO2/c1-18-11-5-2-9(3-6-11)14(17)12-8-10(15)4-7-13(12)16/h2-8H,16H2,1H3. The molecule has 4 heteroatoms. The molecule has 0 saturated carbocycles. The van der Waals surface area contributed by atoms with Crippen molar-refractivity contribution in [3.05, 3.63) is 59.4 Å². The Morgan fingerprint density at radius 3 is 2.44 bits per heavy atom. The number of carbonyl (C=O) groups is 1. The van der Waals surface area contributed by atoms with Crippen molar-refractivity contribution in [2.24, 2.45) is 0 Å². The molecule has 0 heterocycles. The highest BCUT2D eigenvalue weighted by Gasteiger charge is 2.13. The molecule has 0 aliphatic heterocycles. The van der Waals surface area contributed by atoms with E-state index in [1.807, 2.05) is 0 Å². The summed E-state index contributed by atoms with van der Waals surface area (Å²) in [7, 11) is 1.54. The molecule has 18 heavy (non-hydrogen) atoms. The summed E-state index contributed by atoms with van der Waals surface area (Å²) in [6.07, 6.45) is 0. The molecule has 0 aliphatic carbocycles. The second-order valence-corrected chi connectivity index (χ2v) is 3.79. The van der Waals surface area contributed by atoms with E-state index >= 15 is 0 Å². The quantitative estimate of drug-likeness (QED) is 0.668. The van der Waals surface area contributed by atoms with Gasteiger partial charge in [0.25, 0.3) is 0 Å². The van der Waals surface area contributed by atoms with Gasteiger partial charge in [0.15, 0.2) is 5.78 Å². The molecular formula is C14H12FNO2. The second-order valence-electron chi connectivity index (χ2n) is 3.79. The van der Waals surface area contributed by atoms with Gasteiger partial charge in [0.2, 0.25) is 0 Å². The highest BCUT2D eigenvalue weighted by atomic mass is 19.1. The summed E-state index contributed by atoms with van der Waals surface area (Å²) in [4.78, 5) is 12.1. The smallest absolute Gasteiger partial charge is 0.195 e. The van der Waals surface area contributed by atoms with Crippen molar-refractivity contribution in [3.63, 3.8) is 0 Å². The minimum absolute atomic E-state index is 0.167. The summed E-state index contributed by atoms with van der Waals surface area (Å²) in [5, 5.41) is 0. The zero-order valence-electron chi connectivity index (χ0n) is 9.81. The highest BCUT2D eigenvalue weighted by molar-refractivity contribution is 6.12. The number of rotatable bonds is 3. The SMILES string of the molecule is COc1ccc(C(=O)c2cc(F)ccc2N)cc1. The number of nitrogens with two attached hydrogens (primary N) is 1. The molecule has 0 spiro atoms. The van der Waals surface area contributed by atoms with Crippen molar-refractivity contribution < 1.29 is 13.9 Å². The Hall–Kier alpha value is -2.36. The van der Waals surface area contributed by atoms with Gasteiger partial charge in [-0.25, -0.2) is 4.39 Å². The van der Waals surface area contributed by atoms with E-state index < -0.39 is 5.82 Å². The summed E-state index contributed by atoms with van der Waals surface area (Å²) in [6.45, 7) is 0. The van der Waals surface area contributed by atoms with Crippen LogP contribution in [0, 0.1) is 5.82 Å². The lowest BCUT2D eigenvalue weighted by molar-refractivity contribution is 0.103. The summed E-state index contributed by atoms with van der Waals surface area (Å²) in [5.41, 5.74) is 6.54. The van der Waals surface area contributed by atoms with Crippen molar-refractivity contribution in [2.75, 3.05) is 12.8 Å². The molecule has 0 atom stereocenters. The van der Waals surface area contributed by atoms with Gasteiger partial charge in [-0.1, -0.05) is 0 Å². The van der Waals surface area contributed by atoms with Gasteiger partial charge in [-0.2, -0.15) is 0 Å². The Balaban J connectivity index is 2.38. The van der Waals surface area contributed by atoms with Crippen LogP contribution in [-0.2, 0) is 0 Å². The van der Waals surface area contributed by atoms with Crippen LogP contribution in [0.2, 0.25) is 0 Å². The Bertz CT molecular complexity index is 579. The van der Waals surface area contributed by atoms with Crippen LogP contribution in [0.5, 0.6) is 5.75 Å². The Kier molecular flexibility index (Phi) is 3.28. The molecule has 0 saturated heterocycles. The van der Waals surface area contributed by atoms with Gasteiger partial charge >= 0.3 is 0 Å². The van der Waals surface area contributed by atoms with Crippen LogP contribution < -0.4 is 10.5 Å². The molecule has 92 valence electrons. The summed E-state index contributed by atoms with van der Waals surface area (Å²) < 4.78 is 18.1. The average molecular weight is 245 g/mol. The minimum Gasteiger partial charge on any atom is -0.497 e. The van der Waals surface area contributed by atoms with Crippen LogP contribution in [0.1, 0.15) is 15.9 Å². The maximum atomic E-state index is 13.1. The molecule has 0 aliphatic rings. The molecular weight excluding hydrogens is 233 g/mol. The number of ketones is 1. The molecule has 0 fully saturated rings. The van der Waals surface area contributed by atoms with Gasteiger partial charge < -0.3 is 10.5 Å².